The molecule has 0 saturated carbocycles. The van der Waals surface area contributed by atoms with Gasteiger partial charge in [0.25, 0.3) is 0 Å². The van der Waals surface area contributed by atoms with Gasteiger partial charge in [0, 0.05) is 17.5 Å². The summed E-state index contributed by atoms with van der Waals surface area (Å²) in [4.78, 5) is 4.09. The highest BCUT2D eigenvalue weighted by Crippen LogP contribution is 2.27. The number of aliphatic hydroxyl groups is 1. The Morgan fingerprint density at radius 2 is 2.06 bits per heavy atom. The quantitative estimate of drug-likeness (QED) is 0.877. The molecule has 0 aliphatic heterocycles. The van der Waals surface area contributed by atoms with Crippen molar-refractivity contribution in [2.75, 3.05) is 0 Å². The largest absolute Gasteiger partial charge is 0.506 e. The van der Waals surface area contributed by atoms with E-state index in [2.05, 4.69) is 18.8 Å². The predicted molar refractivity (Wildman–Crippen MR) is 70.2 cm³/mol. The zero-order chi connectivity index (χ0) is 11.4. The number of hydrogen-bond donors (Lipinski definition) is 2. The minimum atomic E-state index is -0.136. The van der Waals surface area contributed by atoms with Gasteiger partial charge in [0.15, 0.2) is 0 Å². The number of nitrogens with zero attached hydrogens (tertiary/aromatic N) is 1. The topological polar surface area (TPSA) is 53.4 Å². The fourth-order valence-electron chi connectivity index (χ4n) is 1.24. The van der Waals surface area contributed by atoms with Crippen molar-refractivity contribution in [2.45, 2.75) is 38.4 Å². The maximum Gasteiger partial charge on any atom is 0.142 e. The molecule has 1 aromatic heterocycles. The van der Waals surface area contributed by atoms with Crippen LogP contribution in [0.3, 0.4) is 0 Å². The Balaban J connectivity index is 0.00000225. The normalized spacial score (nSPS) is 10.3. The molecular weight excluding hydrogens is 246 g/mol. The van der Waals surface area contributed by atoms with E-state index < -0.39 is 0 Å². The molecule has 0 spiro atoms. The maximum absolute atomic E-state index is 9.71. The molecule has 2 N–H and O–H groups in total. The molecule has 0 amide bonds. The molecule has 1 aromatic rings. The molecule has 0 bridgehead atoms. The Bertz CT molecular complexity index is 345. The lowest BCUT2D eigenvalue weighted by atomic mass is 10.1. The molecule has 0 aliphatic rings. The van der Waals surface area contributed by atoms with Crippen LogP contribution < -0.4 is 0 Å². The van der Waals surface area contributed by atoms with E-state index in [1.165, 1.54) is 0 Å². The average Bonchev–Trinajstić information content (AvgIpc) is 2.19. The van der Waals surface area contributed by atoms with Crippen molar-refractivity contribution in [1.82, 2.24) is 4.98 Å². The smallest absolute Gasteiger partial charge is 0.142 e. The van der Waals surface area contributed by atoms with Gasteiger partial charge in [-0.1, -0.05) is 13.8 Å². The number of aromatic nitrogens is 1. The Morgan fingerprint density at radius 3 is 2.56 bits per heavy atom. The van der Waals surface area contributed by atoms with Crippen molar-refractivity contribution in [2.24, 2.45) is 0 Å². The van der Waals surface area contributed by atoms with Crippen LogP contribution >= 0.6 is 24.2 Å². The van der Waals surface area contributed by atoms with Crippen LogP contribution in [0.25, 0.3) is 0 Å². The van der Waals surface area contributed by atoms with Crippen LogP contribution in [0.4, 0.5) is 0 Å². The molecule has 0 aliphatic carbocycles. The van der Waals surface area contributed by atoms with Gasteiger partial charge in [0.2, 0.25) is 0 Å². The first kappa shape index (κ1) is 15.6. The molecule has 3 nitrogen and oxygen atoms in total. The Morgan fingerprint density at radius 1 is 1.44 bits per heavy atom. The summed E-state index contributed by atoms with van der Waals surface area (Å²) in [5.74, 6) is 0.897. The van der Waals surface area contributed by atoms with E-state index in [1.54, 1.807) is 24.9 Å². The summed E-state index contributed by atoms with van der Waals surface area (Å²) in [6.07, 6.45) is 1.73. The van der Waals surface area contributed by atoms with E-state index in [4.69, 9.17) is 0 Å². The molecule has 92 valence electrons. The van der Waals surface area contributed by atoms with Gasteiger partial charge in [0.1, 0.15) is 5.75 Å². The van der Waals surface area contributed by atoms with Crippen LogP contribution in [0, 0.1) is 6.92 Å². The minimum absolute atomic E-state index is 0. The molecule has 0 fully saturated rings. The summed E-state index contributed by atoms with van der Waals surface area (Å²) in [5.41, 5.74) is 2.09. The number of aryl methyl sites for hydroxylation is 1. The molecule has 1 rings (SSSR count). The van der Waals surface area contributed by atoms with Gasteiger partial charge in [-0.15, -0.1) is 12.4 Å². The lowest BCUT2D eigenvalue weighted by Gasteiger charge is -2.11. The summed E-state index contributed by atoms with van der Waals surface area (Å²) >= 11 is 1.77. The first-order valence-corrected chi connectivity index (χ1v) is 6.00. The fraction of sp³-hybridized carbons (Fsp3) is 0.545. The second-order valence-electron chi connectivity index (χ2n) is 3.71. The van der Waals surface area contributed by atoms with Gasteiger partial charge in [-0.05, 0) is 17.7 Å². The molecule has 5 heteroatoms. The van der Waals surface area contributed by atoms with Gasteiger partial charge >= 0.3 is 0 Å². The third kappa shape index (κ3) is 3.85. The van der Waals surface area contributed by atoms with Crippen LogP contribution in [0.2, 0.25) is 0 Å². The van der Waals surface area contributed by atoms with Gasteiger partial charge in [-0.3, -0.25) is 4.98 Å². The zero-order valence-corrected chi connectivity index (χ0v) is 11.4. The highest BCUT2D eigenvalue weighted by atomic mass is 35.5. The zero-order valence-electron chi connectivity index (χ0n) is 9.73. The molecule has 0 atom stereocenters. The van der Waals surface area contributed by atoms with Crippen molar-refractivity contribution < 1.29 is 10.2 Å². The third-order valence-electron chi connectivity index (χ3n) is 2.16. The van der Waals surface area contributed by atoms with Gasteiger partial charge < -0.3 is 10.2 Å². The molecule has 0 aromatic carbocycles. The molecule has 0 radical (unpaired) electrons. The van der Waals surface area contributed by atoms with E-state index in [1.807, 2.05) is 0 Å². The first-order chi connectivity index (χ1) is 7.06. The molecule has 0 saturated heterocycles. The van der Waals surface area contributed by atoms with Crippen LogP contribution in [0.1, 0.15) is 30.7 Å². The van der Waals surface area contributed by atoms with Gasteiger partial charge in [0.05, 0.1) is 12.3 Å². The maximum atomic E-state index is 9.71. The van der Waals surface area contributed by atoms with E-state index in [0.717, 1.165) is 11.3 Å². The van der Waals surface area contributed by atoms with Crippen LogP contribution in [-0.4, -0.2) is 20.4 Å². The summed E-state index contributed by atoms with van der Waals surface area (Å²) in [5, 5.41) is 19.4. The average molecular weight is 264 g/mol. The van der Waals surface area contributed by atoms with Crippen molar-refractivity contribution in [1.29, 1.82) is 0 Å². The second-order valence-corrected chi connectivity index (χ2v) is 5.28. The van der Waals surface area contributed by atoms with E-state index in [9.17, 15) is 10.2 Å². The molecular formula is C11H18ClNO2S. The summed E-state index contributed by atoms with van der Waals surface area (Å²) in [7, 11) is 0. The minimum Gasteiger partial charge on any atom is -0.506 e. The monoisotopic (exact) mass is 263 g/mol. The Labute approximate surface area is 107 Å². The summed E-state index contributed by atoms with van der Waals surface area (Å²) in [6, 6.07) is 0. The van der Waals surface area contributed by atoms with Crippen LogP contribution in [0.5, 0.6) is 5.75 Å². The lowest BCUT2D eigenvalue weighted by molar-refractivity contribution is 0.274. The van der Waals surface area contributed by atoms with Crippen molar-refractivity contribution >= 4 is 24.2 Å². The first-order valence-electron chi connectivity index (χ1n) is 4.95. The van der Waals surface area contributed by atoms with E-state index >= 15 is 0 Å². The van der Waals surface area contributed by atoms with E-state index in [-0.39, 0.29) is 24.8 Å². The fourth-order valence-corrected chi connectivity index (χ4v) is 2.00. The molecule has 16 heavy (non-hydrogen) atoms. The number of pyridine rings is 1. The van der Waals surface area contributed by atoms with Gasteiger partial charge in [-0.25, -0.2) is 0 Å². The Hall–Kier alpha value is -0.450. The number of rotatable bonds is 4. The highest BCUT2D eigenvalue weighted by Gasteiger charge is 2.11. The standard InChI is InChI=1S/C11H17NO2S.ClH/c1-7(2)15-6-9-4-12-8(3)11(14)10(9)5-13;/h4,7,13-14H,5-6H2,1-3H3;1H. The second kappa shape index (κ2) is 6.99. The lowest BCUT2D eigenvalue weighted by Crippen LogP contribution is -1.99. The van der Waals surface area contributed by atoms with E-state index in [0.29, 0.717) is 16.5 Å². The van der Waals surface area contributed by atoms with Crippen LogP contribution in [0.15, 0.2) is 6.20 Å². The molecule has 0 unspecified atom stereocenters. The Kier molecular flexibility index (Phi) is 6.79. The van der Waals surface area contributed by atoms with Gasteiger partial charge in [-0.2, -0.15) is 11.8 Å². The highest BCUT2D eigenvalue weighted by molar-refractivity contribution is 7.99. The number of thioether (sulfide) groups is 1. The summed E-state index contributed by atoms with van der Waals surface area (Å²) in [6.45, 7) is 5.83. The number of halogens is 1. The third-order valence-corrected chi connectivity index (χ3v) is 3.30. The number of aliphatic hydroxyl groups excluding tert-OH is 1. The summed E-state index contributed by atoms with van der Waals surface area (Å²) < 4.78 is 0. The number of aromatic hydroxyl groups is 1. The number of hydrogen-bond acceptors (Lipinski definition) is 4. The van der Waals surface area contributed by atoms with Crippen molar-refractivity contribution in [3.63, 3.8) is 0 Å². The van der Waals surface area contributed by atoms with Crippen LogP contribution in [-0.2, 0) is 12.4 Å². The van der Waals surface area contributed by atoms with Crippen molar-refractivity contribution in [3.8, 4) is 5.75 Å². The molecule has 1 heterocycles. The SMILES string of the molecule is Cc1ncc(CSC(C)C)c(CO)c1O.Cl. The van der Waals surface area contributed by atoms with Crippen molar-refractivity contribution in [3.05, 3.63) is 23.0 Å². The predicted octanol–water partition coefficient (Wildman–Crippen LogP) is 2.65.